The van der Waals surface area contributed by atoms with E-state index in [1.54, 1.807) is 6.07 Å². The summed E-state index contributed by atoms with van der Waals surface area (Å²) >= 11 is 0. The highest BCUT2D eigenvalue weighted by Gasteiger charge is 2.12. The van der Waals surface area contributed by atoms with Crippen molar-refractivity contribution >= 4 is 32.7 Å². The lowest BCUT2D eigenvalue weighted by Gasteiger charge is -2.01. The summed E-state index contributed by atoms with van der Waals surface area (Å²) in [6.07, 6.45) is 0. The number of fused-ring (bicyclic) bond motifs is 5. The highest BCUT2D eigenvalue weighted by atomic mass is 16.3. The molecule has 0 aliphatic rings. The van der Waals surface area contributed by atoms with Crippen LogP contribution in [-0.2, 0) is 0 Å². The summed E-state index contributed by atoms with van der Waals surface area (Å²) in [6.45, 7) is 2.04. The van der Waals surface area contributed by atoms with Crippen molar-refractivity contribution in [3.63, 3.8) is 0 Å². The second-order valence-corrected chi connectivity index (χ2v) is 4.92. The molecule has 0 bridgehead atoms. The molecule has 0 fully saturated rings. The molecule has 1 N–H and O–H groups in total. The van der Waals surface area contributed by atoms with E-state index in [4.69, 9.17) is 4.42 Å². The number of benzene rings is 3. The number of phenols is 1. The van der Waals surface area contributed by atoms with Gasteiger partial charge in [0.2, 0.25) is 0 Å². The number of rotatable bonds is 0. The van der Waals surface area contributed by atoms with Gasteiger partial charge in [0, 0.05) is 21.5 Å². The first-order valence-electron chi connectivity index (χ1n) is 6.27. The zero-order valence-corrected chi connectivity index (χ0v) is 10.5. The topological polar surface area (TPSA) is 33.4 Å². The molecule has 0 unspecified atom stereocenters. The fourth-order valence-corrected chi connectivity index (χ4v) is 2.69. The van der Waals surface area contributed by atoms with Gasteiger partial charge in [-0.3, -0.25) is 0 Å². The van der Waals surface area contributed by atoms with Gasteiger partial charge in [-0.25, -0.2) is 0 Å². The highest BCUT2D eigenvalue weighted by molar-refractivity contribution is 6.16. The van der Waals surface area contributed by atoms with E-state index < -0.39 is 0 Å². The Bertz CT molecular complexity index is 932. The molecule has 1 heterocycles. The predicted octanol–water partition coefficient (Wildman–Crippen LogP) is 4.75. The third kappa shape index (κ3) is 1.37. The summed E-state index contributed by atoms with van der Waals surface area (Å²) in [7, 11) is 0. The molecule has 0 aliphatic heterocycles. The van der Waals surface area contributed by atoms with Gasteiger partial charge in [-0.1, -0.05) is 36.4 Å². The zero-order valence-electron chi connectivity index (χ0n) is 10.5. The smallest absolute Gasteiger partial charge is 0.143 e. The summed E-state index contributed by atoms with van der Waals surface area (Å²) in [5.41, 5.74) is 2.87. The molecule has 4 rings (SSSR count). The molecule has 19 heavy (non-hydrogen) atoms. The van der Waals surface area contributed by atoms with Gasteiger partial charge in [0.1, 0.15) is 16.9 Å². The van der Waals surface area contributed by atoms with E-state index in [9.17, 15) is 5.11 Å². The fourth-order valence-electron chi connectivity index (χ4n) is 2.69. The van der Waals surface area contributed by atoms with Gasteiger partial charge in [-0.15, -0.1) is 0 Å². The fraction of sp³-hybridized carbons (Fsp3) is 0.0588. The minimum absolute atomic E-state index is 0.298. The van der Waals surface area contributed by atoms with Crippen LogP contribution in [0.5, 0.6) is 5.75 Å². The molecule has 0 aliphatic carbocycles. The van der Waals surface area contributed by atoms with Crippen molar-refractivity contribution in [1.82, 2.24) is 0 Å². The predicted molar refractivity (Wildman–Crippen MR) is 77.6 cm³/mol. The van der Waals surface area contributed by atoms with Crippen molar-refractivity contribution in [2.24, 2.45) is 0 Å². The maximum atomic E-state index is 10.2. The Morgan fingerprint density at radius 3 is 2.47 bits per heavy atom. The number of aromatic hydroxyl groups is 1. The molecule has 0 saturated heterocycles. The summed E-state index contributed by atoms with van der Waals surface area (Å²) in [5.74, 6) is 0.298. The van der Waals surface area contributed by atoms with Gasteiger partial charge in [-0.05, 0) is 24.6 Å². The molecular formula is C17H12O2. The van der Waals surface area contributed by atoms with Crippen molar-refractivity contribution in [3.05, 3.63) is 54.1 Å². The van der Waals surface area contributed by atoms with E-state index in [0.29, 0.717) is 5.75 Å². The maximum absolute atomic E-state index is 10.2. The first kappa shape index (κ1) is 10.4. The zero-order chi connectivity index (χ0) is 13.0. The lowest BCUT2D eigenvalue weighted by Crippen LogP contribution is -1.75. The van der Waals surface area contributed by atoms with E-state index in [1.165, 1.54) is 5.56 Å². The lowest BCUT2D eigenvalue weighted by molar-refractivity contribution is 0.482. The molecule has 92 valence electrons. The van der Waals surface area contributed by atoms with Crippen LogP contribution < -0.4 is 0 Å². The second-order valence-electron chi connectivity index (χ2n) is 4.92. The largest absolute Gasteiger partial charge is 0.507 e. The second kappa shape index (κ2) is 3.51. The van der Waals surface area contributed by atoms with E-state index in [1.807, 2.05) is 43.3 Å². The van der Waals surface area contributed by atoms with Gasteiger partial charge in [0.25, 0.3) is 0 Å². The minimum atomic E-state index is 0.298. The number of furan rings is 1. The Morgan fingerprint density at radius 2 is 1.63 bits per heavy atom. The van der Waals surface area contributed by atoms with Crippen molar-refractivity contribution in [3.8, 4) is 5.75 Å². The van der Waals surface area contributed by atoms with E-state index in [-0.39, 0.29) is 0 Å². The first-order chi connectivity index (χ1) is 9.24. The van der Waals surface area contributed by atoms with Crippen LogP contribution in [-0.4, -0.2) is 5.11 Å². The summed E-state index contributed by atoms with van der Waals surface area (Å²) in [4.78, 5) is 0. The SMILES string of the molecule is Cc1ccc2c(c1)oc1c3ccccc3c(O)cc21. The van der Waals surface area contributed by atoms with Gasteiger partial charge in [0.15, 0.2) is 0 Å². The Hall–Kier alpha value is -2.48. The Morgan fingerprint density at radius 1 is 0.842 bits per heavy atom. The number of aryl methyl sites for hydroxylation is 1. The maximum Gasteiger partial charge on any atom is 0.143 e. The van der Waals surface area contributed by atoms with Crippen LogP contribution in [0.4, 0.5) is 0 Å². The van der Waals surface area contributed by atoms with Crippen molar-refractivity contribution < 1.29 is 9.52 Å². The molecule has 2 heteroatoms. The molecular weight excluding hydrogens is 236 g/mol. The molecule has 0 radical (unpaired) electrons. The minimum Gasteiger partial charge on any atom is -0.507 e. The van der Waals surface area contributed by atoms with Crippen LogP contribution in [0, 0.1) is 6.92 Å². The molecule has 0 spiro atoms. The van der Waals surface area contributed by atoms with Crippen LogP contribution in [0.1, 0.15) is 5.56 Å². The van der Waals surface area contributed by atoms with Crippen LogP contribution in [0.15, 0.2) is 52.9 Å². The average Bonchev–Trinajstić information content (AvgIpc) is 2.77. The van der Waals surface area contributed by atoms with Crippen molar-refractivity contribution in [1.29, 1.82) is 0 Å². The number of hydrogen-bond donors (Lipinski definition) is 1. The first-order valence-corrected chi connectivity index (χ1v) is 6.27. The van der Waals surface area contributed by atoms with Gasteiger partial charge in [0.05, 0.1) is 0 Å². The monoisotopic (exact) mass is 248 g/mol. The van der Waals surface area contributed by atoms with Crippen molar-refractivity contribution in [2.75, 3.05) is 0 Å². The normalized spacial score (nSPS) is 11.6. The standard InChI is InChI=1S/C17H12O2/c1-10-6-7-12-14-9-15(18)11-4-2-3-5-13(11)17(14)19-16(12)8-10/h2-9,18H,1H3. The van der Waals surface area contributed by atoms with Crippen LogP contribution in [0.2, 0.25) is 0 Å². The highest BCUT2D eigenvalue weighted by Crippen LogP contribution is 2.38. The quantitative estimate of drug-likeness (QED) is 0.487. The van der Waals surface area contributed by atoms with E-state index in [2.05, 4.69) is 6.07 Å². The van der Waals surface area contributed by atoms with Crippen LogP contribution >= 0.6 is 0 Å². The lowest BCUT2D eigenvalue weighted by atomic mass is 10.0. The Balaban J connectivity index is 2.31. The molecule has 0 saturated carbocycles. The molecule has 0 amide bonds. The average molecular weight is 248 g/mol. The molecule has 1 aromatic heterocycles. The summed E-state index contributed by atoms with van der Waals surface area (Å²) in [6, 6.07) is 15.7. The third-order valence-electron chi connectivity index (χ3n) is 3.61. The van der Waals surface area contributed by atoms with Crippen molar-refractivity contribution in [2.45, 2.75) is 6.92 Å². The van der Waals surface area contributed by atoms with Gasteiger partial charge >= 0.3 is 0 Å². The van der Waals surface area contributed by atoms with E-state index in [0.717, 1.165) is 32.7 Å². The molecule has 3 aromatic carbocycles. The van der Waals surface area contributed by atoms with Crippen LogP contribution in [0.25, 0.3) is 32.7 Å². The van der Waals surface area contributed by atoms with E-state index >= 15 is 0 Å². The third-order valence-corrected chi connectivity index (χ3v) is 3.61. The van der Waals surface area contributed by atoms with Gasteiger partial charge in [-0.2, -0.15) is 0 Å². The van der Waals surface area contributed by atoms with Crippen LogP contribution in [0.3, 0.4) is 0 Å². The number of hydrogen-bond acceptors (Lipinski definition) is 2. The summed E-state index contributed by atoms with van der Waals surface area (Å²) in [5, 5.41) is 13.9. The molecule has 4 aromatic rings. The Kier molecular flexibility index (Phi) is 1.93. The van der Waals surface area contributed by atoms with Gasteiger partial charge < -0.3 is 9.52 Å². The number of phenolic OH excluding ortho intramolecular Hbond substituents is 1. The molecule has 2 nitrogen and oxygen atoms in total. The Labute approximate surface area is 109 Å². The summed E-state index contributed by atoms with van der Waals surface area (Å²) < 4.78 is 5.99. The molecule has 0 atom stereocenters.